The number of carbonyl (C=O) groups excluding carboxylic acids is 1. The van der Waals surface area contributed by atoms with Gasteiger partial charge in [0.2, 0.25) is 5.91 Å². The molecule has 1 aromatic heterocycles. The van der Waals surface area contributed by atoms with Crippen LogP contribution in [0.1, 0.15) is 31.9 Å². The molecule has 0 radical (unpaired) electrons. The third-order valence-electron chi connectivity index (χ3n) is 3.17. The van der Waals surface area contributed by atoms with Crippen molar-refractivity contribution in [2.24, 2.45) is 0 Å². The summed E-state index contributed by atoms with van der Waals surface area (Å²) in [4.78, 5) is 22.0. The SMILES string of the molecule is CC(Nc1cnc(C#N)cn1)C(=O)N1CCCCC1. The fourth-order valence-corrected chi connectivity index (χ4v) is 2.13. The number of amides is 1. The fourth-order valence-electron chi connectivity index (χ4n) is 2.13. The second-order valence-corrected chi connectivity index (χ2v) is 4.65. The van der Waals surface area contributed by atoms with Crippen LogP contribution in [0.15, 0.2) is 12.4 Å². The van der Waals surface area contributed by atoms with Crippen molar-refractivity contribution in [3.63, 3.8) is 0 Å². The second-order valence-electron chi connectivity index (χ2n) is 4.65. The molecule has 2 rings (SSSR count). The van der Waals surface area contributed by atoms with Crippen LogP contribution in [0.2, 0.25) is 0 Å². The molecule has 1 N–H and O–H groups in total. The number of rotatable bonds is 3. The number of nitrogens with zero attached hydrogens (tertiary/aromatic N) is 4. The summed E-state index contributed by atoms with van der Waals surface area (Å²) in [5.41, 5.74) is 0.264. The first-order valence-electron chi connectivity index (χ1n) is 6.48. The van der Waals surface area contributed by atoms with Crippen LogP contribution in [-0.4, -0.2) is 39.9 Å². The molecule has 6 nitrogen and oxygen atoms in total. The maximum Gasteiger partial charge on any atom is 0.244 e. The maximum absolute atomic E-state index is 12.2. The highest BCUT2D eigenvalue weighted by Crippen LogP contribution is 2.11. The number of hydrogen-bond donors (Lipinski definition) is 1. The molecule has 6 heteroatoms. The zero-order valence-corrected chi connectivity index (χ0v) is 11.0. The fraction of sp³-hybridized carbons (Fsp3) is 0.538. The second kappa shape index (κ2) is 6.14. The summed E-state index contributed by atoms with van der Waals surface area (Å²) in [7, 11) is 0. The molecule has 1 amide bonds. The molecule has 1 aromatic rings. The molecule has 1 fully saturated rings. The number of likely N-dealkylation sites (tertiary alicyclic amines) is 1. The quantitative estimate of drug-likeness (QED) is 0.880. The van der Waals surface area contributed by atoms with Gasteiger partial charge in [-0.25, -0.2) is 9.97 Å². The van der Waals surface area contributed by atoms with Gasteiger partial charge in [-0.1, -0.05) is 0 Å². The van der Waals surface area contributed by atoms with Gasteiger partial charge in [0, 0.05) is 13.1 Å². The molecule has 1 aliphatic rings. The first kappa shape index (κ1) is 13.3. The predicted octanol–water partition coefficient (Wildman–Crippen LogP) is 1.16. The normalized spacial score (nSPS) is 16.5. The van der Waals surface area contributed by atoms with Crippen LogP contribution < -0.4 is 5.32 Å². The lowest BCUT2D eigenvalue weighted by Gasteiger charge is -2.29. The van der Waals surface area contributed by atoms with E-state index in [2.05, 4.69) is 15.3 Å². The Kier molecular flexibility index (Phi) is 4.29. The van der Waals surface area contributed by atoms with Crippen molar-refractivity contribution in [1.29, 1.82) is 5.26 Å². The predicted molar refractivity (Wildman–Crippen MR) is 70.3 cm³/mol. The van der Waals surface area contributed by atoms with E-state index in [4.69, 9.17) is 5.26 Å². The molecule has 0 spiro atoms. The number of hydrogen-bond acceptors (Lipinski definition) is 5. The van der Waals surface area contributed by atoms with Gasteiger partial charge in [0.15, 0.2) is 5.69 Å². The number of piperidine rings is 1. The van der Waals surface area contributed by atoms with Gasteiger partial charge in [-0.05, 0) is 26.2 Å². The van der Waals surface area contributed by atoms with Crippen molar-refractivity contribution < 1.29 is 4.79 Å². The standard InChI is InChI=1S/C13H17N5O/c1-10(13(19)18-5-3-2-4-6-18)17-12-9-15-11(7-14)8-16-12/h8-10H,2-6H2,1H3,(H,16,17). The molecular weight excluding hydrogens is 242 g/mol. The molecular formula is C13H17N5O. The van der Waals surface area contributed by atoms with Crippen LogP contribution in [-0.2, 0) is 4.79 Å². The smallest absolute Gasteiger partial charge is 0.244 e. The molecule has 19 heavy (non-hydrogen) atoms. The highest BCUT2D eigenvalue weighted by Gasteiger charge is 2.22. The Balaban J connectivity index is 1.93. The van der Waals surface area contributed by atoms with Crippen molar-refractivity contribution in [3.05, 3.63) is 18.1 Å². The van der Waals surface area contributed by atoms with Gasteiger partial charge in [-0.15, -0.1) is 0 Å². The van der Waals surface area contributed by atoms with Gasteiger partial charge in [-0.2, -0.15) is 5.26 Å². The average molecular weight is 259 g/mol. The number of carbonyl (C=O) groups is 1. The van der Waals surface area contributed by atoms with Gasteiger partial charge in [0.1, 0.15) is 17.9 Å². The third-order valence-corrected chi connectivity index (χ3v) is 3.17. The summed E-state index contributed by atoms with van der Waals surface area (Å²) in [6.07, 6.45) is 6.22. The lowest BCUT2D eigenvalue weighted by atomic mass is 10.1. The monoisotopic (exact) mass is 259 g/mol. The van der Waals surface area contributed by atoms with Crippen LogP contribution in [0.25, 0.3) is 0 Å². The summed E-state index contributed by atoms with van der Waals surface area (Å²) < 4.78 is 0. The zero-order chi connectivity index (χ0) is 13.7. The molecule has 0 saturated carbocycles. The lowest BCUT2D eigenvalue weighted by molar-refractivity contribution is -0.132. The maximum atomic E-state index is 12.2. The van der Waals surface area contributed by atoms with Crippen LogP contribution in [0.3, 0.4) is 0 Å². The Morgan fingerprint density at radius 3 is 2.68 bits per heavy atom. The number of aromatic nitrogens is 2. The van der Waals surface area contributed by atoms with Crippen molar-refractivity contribution in [3.8, 4) is 6.07 Å². The van der Waals surface area contributed by atoms with E-state index in [0.717, 1.165) is 25.9 Å². The largest absolute Gasteiger partial charge is 0.357 e. The van der Waals surface area contributed by atoms with Crippen molar-refractivity contribution >= 4 is 11.7 Å². The topological polar surface area (TPSA) is 81.9 Å². The van der Waals surface area contributed by atoms with Crippen molar-refractivity contribution in [1.82, 2.24) is 14.9 Å². The highest BCUT2D eigenvalue weighted by atomic mass is 16.2. The Morgan fingerprint density at radius 1 is 1.37 bits per heavy atom. The van der Waals surface area contributed by atoms with E-state index in [0.29, 0.717) is 5.82 Å². The van der Waals surface area contributed by atoms with E-state index in [1.807, 2.05) is 17.9 Å². The number of nitrogens with one attached hydrogen (secondary N) is 1. The van der Waals surface area contributed by atoms with E-state index in [1.165, 1.54) is 18.8 Å². The molecule has 1 saturated heterocycles. The summed E-state index contributed by atoms with van der Waals surface area (Å²) >= 11 is 0. The van der Waals surface area contributed by atoms with Gasteiger partial charge in [0.05, 0.1) is 12.4 Å². The third kappa shape index (κ3) is 3.41. The van der Waals surface area contributed by atoms with E-state index in [9.17, 15) is 4.79 Å². The van der Waals surface area contributed by atoms with E-state index >= 15 is 0 Å². The van der Waals surface area contributed by atoms with Gasteiger partial charge < -0.3 is 10.2 Å². The first-order valence-corrected chi connectivity index (χ1v) is 6.48. The minimum Gasteiger partial charge on any atom is -0.357 e. The minimum absolute atomic E-state index is 0.0888. The summed E-state index contributed by atoms with van der Waals surface area (Å²) in [6, 6.07) is 1.57. The van der Waals surface area contributed by atoms with E-state index in [1.54, 1.807) is 0 Å². The Labute approximate surface area is 112 Å². The lowest BCUT2D eigenvalue weighted by Crippen LogP contribution is -2.44. The molecule has 2 heterocycles. The van der Waals surface area contributed by atoms with E-state index in [-0.39, 0.29) is 17.6 Å². The average Bonchev–Trinajstić information content (AvgIpc) is 2.48. The van der Waals surface area contributed by atoms with Crippen molar-refractivity contribution in [2.75, 3.05) is 18.4 Å². The van der Waals surface area contributed by atoms with Gasteiger partial charge >= 0.3 is 0 Å². The highest BCUT2D eigenvalue weighted by molar-refractivity contribution is 5.84. The molecule has 0 aromatic carbocycles. The molecule has 0 aliphatic carbocycles. The summed E-state index contributed by atoms with van der Waals surface area (Å²) in [6.45, 7) is 3.49. The molecule has 0 bridgehead atoms. The summed E-state index contributed by atoms with van der Waals surface area (Å²) in [5.74, 6) is 0.600. The minimum atomic E-state index is -0.333. The van der Waals surface area contributed by atoms with Gasteiger partial charge in [-0.3, -0.25) is 4.79 Å². The van der Waals surface area contributed by atoms with Crippen LogP contribution in [0.5, 0.6) is 0 Å². The zero-order valence-electron chi connectivity index (χ0n) is 11.0. The first-order chi connectivity index (χ1) is 9.20. The van der Waals surface area contributed by atoms with Crippen LogP contribution in [0, 0.1) is 11.3 Å². The Hall–Kier alpha value is -2.16. The van der Waals surface area contributed by atoms with E-state index < -0.39 is 0 Å². The molecule has 1 atom stereocenters. The Bertz CT molecular complexity index is 473. The number of anilines is 1. The van der Waals surface area contributed by atoms with Crippen LogP contribution in [0.4, 0.5) is 5.82 Å². The molecule has 1 unspecified atom stereocenters. The molecule has 1 aliphatic heterocycles. The Morgan fingerprint density at radius 2 is 2.11 bits per heavy atom. The number of nitriles is 1. The van der Waals surface area contributed by atoms with Gasteiger partial charge in [0.25, 0.3) is 0 Å². The molecule has 100 valence electrons. The van der Waals surface area contributed by atoms with Crippen LogP contribution >= 0.6 is 0 Å². The summed E-state index contributed by atoms with van der Waals surface area (Å²) in [5, 5.41) is 11.7. The van der Waals surface area contributed by atoms with Crippen molar-refractivity contribution in [2.45, 2.75) is 32.2 Å².